The van der Waals surface area contributed by atoms with E-state index in [9.17, 15) is 0 Å². The molecule has 2 N–H and O–H groups in total. The number of aryl methyl sites for hydroxylation is 1. The lowest BCUT2D eigenvalue weighted by Gasteiger charge is -2.13. The SMILES string of the molecule is Cc1cc2nc[nH]c2cc1-c1ccc(CNC2Cc3ccccc3C2)cc1. The molecule has 3 heteroatoms. The minimum absolute atomic E-state index is 0.548. The number of hydrogen-bond donors (Lipinski definition) is 2. The van der Waals surface area contributed by atoms with Crippen LogP contribution in [0.1, 0.15) is 22.3 Å². The molecule has 0 saturated carbocycles. The van der Waals surface area contributed by atoms with Crippen molar-refractivity contribution in [2.45, 2.75) is 32.4 Å². The van der Waals surface area contributed by atoms with Gasteiger partial charge in [-0.1, -0.05) is 48.5 Å². The summed E-state index contributed by atoms with van der Waals surface area (Å²) < 4.78 is 0. The van der Waals surface area contributed by atoms with Crippen molar-refractivity contribution in [2.24, 2.45) is 0 Å². The summed E-state index contributed by atoms with van der Waals surface area (Å²) in [6.45, 7) is 3.06. The summed E-state index contributed by atoms with van der Waals surface area (Å²) in [5.74, 6) is 0. The van der Waals surface area contributed by atoms with Crippen LogP contribution in [-0.4, -0.2) is 16.0 Å². The number of benzene rings is 3. The third kappa shape index (κ3) is 3.15. The Morgan fingerprint density at radius 3 is 2.48 bits per heavy atom. The molecule has 3 nitrogen and oxygen atoms in total. The molecule has 27 heavy (non-hydrogen) atoms. The van der Waals surface area contributed by atoms with Gasteiger partial charge in [-0.3, -0.25) is 0 Å². The summed E-state index contributed by atoms with van der Waals surface area (Å²) in [6.07, 6.45) is 4.03. The van der Waals surface area contributed by atoms with Crippen molar-refractivity contribution in [3.05, 3.63) is 89.2 Å². The van der Waals surface area contributed by atoms with Gasteiger partial charge < -0.3 is 10.3 Å². The number of nitrogens with zero attached hydrogens (tertiary/aromatic N) is 1. The van der Waals surface area contributed by atoms with Gasteiger partial charge >= 0.3 is 0 Å². The zero-order valence-electron chi connectivity index (χ0n) is 15.5. The van der Waals surface area contributed by atoms with Crippen LogP contribution in [0, 0.1) is 6.92 Å². The van der Waals surface area contributed by atoms with Crippen molar-refractivity contribution in [3.63, 3.8) is 0 Å². The maximum Gasteiger partial charge on any atom is 0.0931 e. The Kier molecular flexibility index (Phi) is 4.02. The van der Waals surface area contributed by atoms with Crippen LogP contribution in [0.4, 0.5) is 0 Å². The molecule has 5 rings (SSSR count). The van der Waals surface area contributed by atoms with E-state index in [2.05, 4.69) is 82.9 Å². The van der Waals surface area contributed by atoms with E-state index >= 15 is 0 Å². The zero-order valence-corrected chi connectivity index (χ0v) is 15.5. The highest BCUT2D eigenvalue weighted by molar-refractivity contribution is 5.83. The number of nitrogens with one attached hydrogen (secondary N) is 2. The van der Waals surface area contributed by atoms with Crippen LogP contribution in [-0.2, 0) is 19.4 Å². The van der Waals surface area contributed by atoms with Crippen LogP contribution in [0.5, 0.6) is 0 Å². The quantitative estimate of drug-likeness (QED) is 0.553. The van der Waals surface area contributed by atoms with Crippen LogP contribution in [0.25, 0.3) is 22.2 Å². The summed E-state index contributed by atoms with van der Waals surface area (Å²) in [7, 11) is 0. The second kappa shape index (κ2) is 6.67. The van der Waals surface area contributed by atoms with Crippen LogP contribution in [0.15, 0.2) is 67.0 Å². The number of rotatable bonds is 4. The third-order valence-corrected chi connectivity index (χ3v) is 5.68. The molecule has 0 amide bonds. The van der Waals surface area contributed by atoms with Crippen LogP contribution < -0.4 is 5.32 Å². The van der Waals surface area contributed by atoms with Gasteiger partial charge in [0, 0.05) is 12.6 Å². The maximum atomic E-state index is 4.34. The van der Waals surface area contributed by atoms with Crippen molar-refractivity contribution >= 4 is 11.0 Å². The first kappa shape index (κ1) is 16.3. The Hall–Kier alpha value is -2.91. The topological polar surface area (TPSA) is 40.7 Å². The fourth-order valence-electron chi connectivity index (χ4n) is 4.17. The third-order valence-electron chi connectivity index (χ3n) is 5.68. The molecule has 1 heterocycles. The average molecular weight is 353 g/mol. The Morgan fingerprint density at radius 2 is 1.74 bits per heavy atom. The second-order valence-electron chi connectivity index (χ2n) is 7.54. The average Bonchev–Trinajstić information content (AvgIpc) is 3.32. The number of aromatic amines is 1. The standard InChI is InChI=1S/C24H23N3/c1-16-10-23-24(27-15-26-23)13-22(16)18-8-6-17(7-9-18)14-25-21-11-19-4-2-3-5-20(19)12-21/h2-10,13,15,21,25H,11-12,14H2,1H3,(H,26,27). The van der Waals surface area contributed by atoms with Crippen LogP contribution in [0.2, 0.25) is 0 Å². The number of aromatic nitrogens is 2. The lowest BCUT2D eigenvalue weighted by atomic mass is 9.98. The normalized spacial score (nSPS) is 14.0. The van der Waals surface area contributed by atoms with Crippen LogP contribution >= 0.6 is 0 Å². The second-order valence-corrected chi connectivity index (χ2v) is 7.54. The highest BCUT2D eigenvalue weighted by atomic mass is 14.9. The van der Waals surface area contributed by atoms with E-state index in [1.54, 1.807) is 6.33 Å². The molecule has 0 aliphatic heterocycles. The smallest absolute Gasteiger partial charge is 0.0931 e. The van der Waals surface area contributed by atoms with Gasteiger partial charge in [0.2, 0.25) is 0 Å². The lowest BCUT2D eigenvalue weighted by Crippen LogP contribution is -2.28. The monoisotopic (exact) mass is 353 g/mol. The molecule has 0 radical (unpaired) electrons. The Bertz CT molecular complexity index is 1070. The fourth-order valence-corrected chi connectivity index (χ4v) is 4.17. The van der Waals surface area contributed by atoms with E-state index in [0.717, 1.165) is 30.4 Å². The molecular weight excluding hydrogens is 330 g/mol. The first-order valence-electron chi connectivity index (χ1n) is 9.59. The van der Waals surface area contributed by atoms with E-state index in [1.165, 1.54) is 33.4 Å². The van der Waals surface area contributed by atoms with Crippen molar-refractivity contribution in [3.8, 4) is 11.1 Å². The molecule has 0 unspecified atom stereocenters. The van der Waals surface area contributed by atoms with Gasteiger partial charge in [-0.15, -0.1) is 0 Å². The molecule has 1 aliphatic carbocycles. The largest absolute Gasteiger partial charge is 0.345 e. The summed E-state index contributed by atoms with van der Waals surface area (Å²) >= 11 is 0. The fraction of sp³-hybridized carbons (Fsp3) is 0.208. The zero-order chi connectivity index (χ0) is 18.2. The lowest BCUT2D eigenvalue weighted by molar-refractivity contribution is 0.533. The predicted molar refractivity (Wildman–Crippen MR) is 111 cm³/mol. The van der Waals surface area contributed by atoms with E-state index in [4.69, 9.17) is 0 Å². The van der Waals surface area contributed by atoms with E-state index in [0.29, 0.717) is 6.04 Å². The Balaban J connectivity index is 1.28. The van der Waals surface area contributed by atoms with Crippen molar-refractivity contribution < 1.29 is 0 Å². The van der Waals surface area contributed by atoms with Gasteiger partial charge in [-0.2, -0.15) is 0 Å². The first-order valence-corrected chi connectivity index (χ1v) is 9.59. The van der Waals surface area contributed by atoms with Gasteiger partial charge in [0.05, 0.1) is 17.4 Å². The van der Waals surface area contributed by atoms with Crippen LogP contribution in [0.3, 0.4) is 0 Å². The maximum absolute atomic E-state index is 4.34. The number of H-pyrrole nitrogens is 1. The van der Waals surface area contributed by atoms with E-state index in [1.807, 2.05) is 0 Å². The van der Waals surface area contributed by atoms with Gasteiger partial charge in [0.15, 0.2) is 0 Å². The minimum atomic E-state index is 0.548. The number of fused-ring (bicyclic) bond motifs is 2. The first-order chi connectivity index (χ1) is 13.3. The molecule has 0 atom stereocenters. The highest BCUT2D eigenvalue weighted by Crippen LogP contribution is 2.27. The Morgan fingerprint density at radius 1 is 1.00 bits per heavy atom. The molecule has 0 bridgehead atoms. The van der Waals surface area contributed by atoms with Gasteiger partial charge in [-0.05, 0) is 65.3 Å². The molecule has 134 valence electrons. The summed E-state index contributed by atoms with van der Waals surface area (Å²) in [5, 5.41) is 3.72. The summed E-state index contributed by atoms with van der Waals surface area (Å²) in [4.78, 5) is 7.55. The van der Waals surface area contributed by atoms with E-state index in [-0.39, 0.29) is 0 Å². The molecule has 0 spiro atoms. The molecule has 0 saturated heterocycles. The van der Waals surface area contributed by atoms with Crippen molar-refractivity contribution in [1.29, 1.82) is 0 Å². The predicted octanol–water partition coefficient (Wildman–Crippen LogP) is 4.80. The van der Waals surface area contributed by atoms with Crippen molar-refractivity contribution in [1.82, 2.24) is 15.3 Å². The molecule has 3 aromatic carbocycles. The Labute approximate surface area is 159 Å². The molecule has 4 aromatic rings. The highest BCUT2D eigenvalue weighted by Gasteiger charge is 2.20. The molecular formula is C24H23N3. The number of imidazole rings is 1. The van der Waals surface area contributed by atoms with Gasteiger partial charge in [-0.25, -0.2) is 4.98 Å². The summed E-state index contributed by atoms with van der Waals surface area (Å²) in [5.41, 5.74) is 10.2. The molecule has 1 aromatic heterocycles. The number of hydrogen-bond acceptors (Lipinski definition) is 2. The molecule has 0 fully saturated rings. The van der Waals surface area contributed by atoms with Crippen molar-refractivity contribution in [2.75, 3.05) is 0 Å². The summed E-state index contributed by atoms with van der Waals surface area (Å²) in [6, 6.07) is 22.6. The van der Waals surface area contributed by atoms with Gasteiger partial charge in [0.1, 0.15) is 0 Å². The van der Waals surface area contributed by atoms with Gasteiger partial charge in [0.25, 0.3) is 0 Å². The molecule has 1 aliphatic rings. The minimum Gasteiger partial charge on any atom is -0.345 e. The van der Waals surface area contributed by atoms with E-state index < -0.39 is 0 Å².